The van der Waals surface area contributed by atoms with Crippen LogP contribution in [0.3, 0.4) is 0 Å². The van der Waals surface area contributed by atoms with Crippen molar-refractivity contribution in [3.63, 3.8) is 0 Å². The monoisotopic (exact) mass is 378 g/mol. The van der Waals surface area contributed by atoms with Crippen LogP contribution in [0.4, 0.5) is 5.13 Å². The van der Waals surface area contributed by atoms with Crippen molar-refractivity contribution >= 4 is 43.5 Å². The summed E-state index contributed by atoms with van der Waals surface area (Å²) in [6.45, 7) is 2.17. The Labute approximate surface area is 157 Å². The number of anilines is 1. The molecule has 7 nitrogen and oxygen atoms in total. The summed E-state index contributed by atoms with van der Waals surface area (Å²) in [5.74, 6) is 1.15. The second kappa shape index (κ2) is 6.10. The molecule has 3 heterocycles. The molecule has 0 unspecified atom stereocenters. The molecule has 27 heavy (non-hydrogen) atoms. The highest BCUT2D eigenvalue weighted by atomic mass is 32.1. The zero-order valence-electron chi connectivity index (χ0n) is 14.3. The van der Waals surface area contributed by atoms with Crippen molar-refractivity contribution in [1.82, 2.24) is 15.4 Å². The van der Waals surface area contributed by atoms with Crippen LogP contribution in [0.25, 0.3) is 21.1 Å². The van der Waals surface area contributed by atoms with Gasteiger partial charge in [-0.3, -0.25) is 20.6 Å². The number of nitrogens with one attached hydrogen (secondary N) is 2. The maximum absolute atomic E-state index is 12.5. The largest absolute Gasteiger partial charge is 0.454 e. The smallest absolute Gasteiger partial charge is 0.269 e. The van der Waals surface area contributed by atoms with Gasteiger partial charge in [-0.05, 0) is 31.2 Å². The van der Waals surface area contributed by atoms with Gasteiger partial charge in [0.25, 0.3) is 5.91 Å². The van der Waals surface area contributed by atoms with Gasteiger partial charge in [-0.25, -0.2) is 4.98 Å². The minimum atomic E-state index is -0.245. The third kappa shape index (κ3) is 2.89. The number of hydrogen-bond acceptors (Lipinski definition) is 7. The summed E-state index contributed by atoms with van der Waals surface area (Å²) in [6.07, 6.45) is 0. The molecule has 0 aliphatic carbocycles. The molecule has 1 aliphatic rings. The summed E-state index contributed by atoms with van der Waals surface area (Å²) in [4.78, 5) is 21.4. The van der Waals surface area contributed by atoms with E-state index in [0.717, 1.165) is 26.8 Å². The lowest BCUT2D eigenvalue weighted by Gasteiger charge is -2.06. The van der Waals surface area contributed by atoms with Crippen molar-refractivity contribution in [2.24, 2.45) is 0 Å². The van der Waals surface area contributed by atoms with Crippen molar-refractivity contribution in [3.8, 4) is 11.5 Å². The summed E-state index contributed by atoms with van der Waals surface area (Å²) >= 11 is 1.42. The number of aromatic nitrogens is 2. The first-order valence-electron chi connectivity index (χ1n) is 8.30. The molecule has 5 rings (SSSR count). The lowest BCUT2D eigenvalue weighted by Crippen LogP contribution is -2.29. The number of hydrogen-bond donors (Lipinski definition) is 2. The van der Waals surface area contributed by atoms with Gasteiger partial charge in [0.1, 0.15) is 0 Å². The van der Waals surface area contributed by atoms with Crippen LogP contribution in [-0.4, -0.2) is 22.7 Å². The lowest BCUT2D eigenvalue weighted by molar-refractivity contribution is 0.0963. The first kappa shape index (κ1) is 15.8. The van der Waals surface area contributed by atoms with E-state index in [1.165, 1.54) is 11.3 Å². The number of ether oxygens (including phenoxy) is 2. The molecule has 0 fully saturated rings. The number of hydrazine groups is 1. The van der Waals surface area contributed by atoms with Gasteiger partial charge >= 0.3 is 0 Å². The van der Waals surface area contributed by atoms with Crippen molar-refractivity contribution in [3.05, 3.63) is 53.7 Å². The summed E-state index contributed by atoms with van der Waals surface area (Å²) in [6, 6.07) is 13.0. The quantitative estimate of drug-likeness (QED) is 0.530. The fourth-order valence-electron chi connectivity index (χ4n) is 2.92. The topological polar surface area (TPSA) is 85.4 Å². The number of carbonyl (C=O) groups is 1. The highest BCUT2D eigenvalue weighted by molar-refractivity contribution is 7.22. The van der Waals surface area contributed by atoms with E-state index in [0.29, 0.717) is 22.2 Å². The molecule has 2 aromatic carbocycles. The van der Waals surface area contributed by atoms with E-state index in [-0.39, 0.29) is 12.7 Å². The SMILES string of the molecule is Cc1ccc2cc(C(=O)NNc3nc4cc5c(cc4s3)OCO5)ccc2n1. The molecule has 0 saturated carbocycles. The average Bonchev–Trinajstić information content (AvgIpc) is 3.28. The molecular formula is C19H14N4O3S. The van der Waals surface area contributed by atoms with Gasteiger partial charge in [-0.15, -0.1) is 0 Å². The molecule has 4 aromatic rings. The van der Waals surface area contributed by atoms with Crippen molar-refractivity contribution in [2.75, 3.05) is 12.2 Å². The third-order valence-corrected chi connectivity index (χ3v) is 5.19. The molecule has 1 amide bonds. The zero-order chi connectivity index (χ0) is 18.4. The van der Waals surface area contributed by atoms with Crippen LogP contribution in [0.1, 0.15) is 16.1 Å². The van der Waals surface area contributed by atoms with Gasteiger partial charge in [0.15, 0.2) is 11.5 Å². The van der Waals surface area contributed by atoms with Crippen molar-refractivity contribution in [2.45, 2.75) is 6.92 Å². The lowest BCUT2D eigenvalue weighted by atomic mass is 10.1. The fraction of sp³-hybridized carbons (Fsp3) is 0.105. The van der Waals surface area contributed by atoms with Gasteiger partial charge in [0.05, 0.1) is 15.7 Å². The Kier molecular flexibility index (Phi) is 3.58. The first-order chi connectivity index (χ1) is 13.2. The van der Waals surface area contributed by atoms with Crippen LogP contribution < -0.4 is 20.3 Å². The van der Waals surface area contributed by atoms with E-state index >= 15 is 0 Å². The number of pyridine rings is 1. The molecule has 8 heteroatoms. The van der Waals surface area contributed by atoms with E-state index < -0.39 is 0 Å². The molecule has 0 bridgehead atoms. The van der Waals surface area contributed by atoms with Crippen LogP contribution in [0.15, 0.2) is 42.5 Å². The number of rotatable bonds is 3. The highest BCUT2D eigenvalue weighted by Gasteiger charge is 2.17. The second-order valence-electron chi connectivity index (χ2n) is 6.13. The zero-order valence-corrected chi connectivity index (χ0v) is 15.1. The normalized spacial score (nSPS) is 12.5. The number of nitrogens with zero attached hydrogens (tertiary/aromatic N) is 2. The summed E-state index contributed by atoms with van der Waals surface area (Å²) in [5.41, 5.74) is 8.70. The molecule has 1 aliphatic heterocycles. The molecular weight excluding hydrogens is 364 g/mol. The van der Waals surface area contributed by atoms with Gasteiger partial charge < -0.3 is 9.47 Å². The number of carbonyl (C=O) groups excluding carboxylic acids is 1. The Morgan fingerprint density at radius 1 is 1.04 bits per heavy atom. The predicted molar refractivity (Wildman–Crippen MR) is 103 cm³/mol. The summed E-state index contributed by atoms with van der Waals surface area (Å²) < 4.78 is 11.7. The average molecular weight is 378 g/mol. The molecule has 2 aromatic heterocycles. The van der Waals surface area contributed by atoms with Gasteiger partial charge in [-0.2, -0.15) is 0 Å². The molecule has 2 N–H and O–H groups in total. The summed E-state index contributed by atoms with van der Waals surface area (Å²) in [5, 5.41) is 1.50. The number of thiazole rings is 1. The molecule has 0 atom stereocenters. The predicted octanol–water partition coefficient (Wildman–Crippen LogP) is 3.64. The number of benzene rings is 2. The Hall–Kier alpha value is -3.39. The van der Waals surface area contributed by atoms with Crippen LogP contribution >= 0.6 is 11.3 Å². The molecule has 0 spiro atoms. The maximum Gasteiger partial charge on any atom is 0.269 e. The number of amides is 1. The molecule has 134 valence electrons. The third-order valence-electron chi connectivity index (χ3n) is 4.26. The van der Waals surface area contributed by atoms with E-state index in [4.69, 9.17) is 9.47 Å². The van der Waals surface area contributed by atoms with Gasteiger partial charge in [0, 0.05) is 28.8 Å². The van der Waals surface area contributed by atoms with Crippen LogP contribution in [0, 0.1) is 6.92 Å². The number of aryl methyl sites for hydroxylation is 1. The second-order valence-corrected chi connectivity index (χ2v) is 7.16. The van der Waals surface area contributed by atoms with Crippen LogP contribution in [0.5, 0.6) is 11.5 Å². The minimum absolute atomic E-state index is 0.231. The van der Waals surface area contributed by atoms with Crippen LogP contribution in [-0.2, 0) is 0 Å². The standard InChI is InChI=1S/C19H14N4O3S/c1-10-2-3-11-6-12(4-5-13(11)20-10)18(24)22-23-19-21-14-7-15-16(26-9-25-15)8-17(14)27-19/h2-8H,9H2,1H3,(H,21,23)(H,22,24). The Morgan fingerprint density at radius 2 is 1.89 bits per heavy atom. The minimum Gasteiger partial charge on any atom is -0.454 e. The van der Waals surface area contributed by atoms with Crippen molar-refractivity contribution in [1.29, 1.82) is 0 Å². The van der Waals surface area contributed by atoms with E-state index in [1.807, 2.05) is 43.3 Å². The van der Waals surface area contributed by atoms with Crippen LogP contribution in [0.2, 0.25) is 0 Å². The Bertz CT molecular complexity index is 1160. The highest BCUT2D eigenvalue weighted by Crippen LogP contribution is 2.38. The summed E-state index contributed by atoms with van der Waals surface area (Å²) in [7, 11) is 0. The number of fused-ring (bicyclic) bond motifs is 3. The Morgan fingerprint density at radius 3 is 2.78 bits per heavy atom. The molecule has 0 radical (unpaired) electrons. The fourth-order valence-corrected chi connectivity index (χ4v) is 3.75. The van der Waals surface area contributed by atoms with Gasteiger partial charge in [0.2, 0.25) is 11.9 Å². The molecule has 0 saturated heterocycles. The van der Waals surface area contributed by atoms with E-state index in [2.05, 4.69) is 20.8 Å². The Balaban J connectivity index is 1.34. The van der Waals surface area contributed by atoms with Gasteiger partial charge in [-0.1, -0.05) is 17.4 Å². The van der Waals surface area contributed by atoms with E-state index in [9.17, 15) is 4.79 Å². The first-order valence-corrected chi connectivity index (χ1v) is 9.11. The maximum atomic E-state index is 12.5. The van der Waals surface area contributed by atoms with Crippen molar-refractivity contribution < 1.29 is 14.3 Å². The van der Waals surface area contributed by atoms with E-state index in [1.54, 1.807) is 6.07 Å².